The molecule has 2 aliphatic rings. The number of fused-ring (bicyclic) bond motifs is 1. The normalized spacial score (nSPS) is 18.5. The lowest BCUT2D eigenvalue weighted by Crippen LogP contribution is -2.26. The van der Waals surface area contributed by atoms with Crippen LogP contribution < -0.4 is 15.5 Å². The molecule has 2 aliphatic heterocycles. The van der Waals surface area contributed by atoms with E-state index in [1.165, 1.54) is 18.5 Å². The maximum atomic E-state index is 12.3. The standard InChI is InChI=1S/C21H23N3O2/c25-20(13-18-17-5-1-2-6-19(17)23-21(18)26)22-14-15-7-9-16(10-8-15)24-11-3-4-12-24/h1-2,5-10,18H,3-4,11-14H2,(H,22,25)(H,23,26)/t18-/m1/s1. The number of hydrogen-bond acceptors (Lipinski definition) is 3. The van der Waals surface area contributed by atoms with Crippen LogP contribution in [0.4, 0.5) is 11.4 Å². The van der Waals surface area contributed by atoms with Crippen LogP contribution in [0.5, 0.6) is 0 Å². The minimum atomic E-state index is -0.399. The number of carbonyl (C=O) groups is 2. The molecule has 1 fully saturated rings. The van der Waals surface area contributed by atoms with Crippen LogP contribution in [0.15, 0.2) is 48.5 Å². The van der Waals surface area contributed by atoms with E-state index in [0.29, 0.717) is 6.54 Å². The number of nitrogens with zero attached hydrogens (tertiary/aromatic N) is 1. The molecule has 0 bridgehead atoms. The van der Waals surface area contributed by atoms with Crippen LogP contribution >= 0.6 is 0 Å². The van der Waals surface area contributed by atoms with Crippen molar-refractivity contribution in [2.75, 3.05) is 23.3 Å². The number of nitrogens with one attached hydrogen (secondary N) is 2. The molecular weight excluding hydrogens is 326 g/mol. The van der Waals surface area contributed by atoms with E-state index in [1.54, 1.807) is 0 Å². The number of hydrogen-bond donors (Lipinski definition) is 2. The molecule has 0 saturated carbocycles. The largest absolute Gasteiger partial charge is 0.372 e. The van der Waals surface area contributed by atoms with Gasteiger partial charge in [-0.1, -0.05) is 30.3 Å². The van der Waals surface area contributed by atoms with Crippen LogP contribution in [-0.4, -0.2) is 24.9 Å². The zero-order valence-electron chi connectivity index (χ0n) is 14.7. The van der Waals surface area contributed by atoms with E-state index in [1.807, 2.05) is 24.3 Å². The van der Waals surface area contributed by atoms with Gasteiger partial charge in [0.2, 0.25) is 11.8 Å². The van der Waals surface area contributed by atoms with Gasteiger partial charge in [0, 0.05) is 37.4 Å². The lowest BCUT2D eigenvalue weighted by Gasteiger charge is -2.17. The van der Waals surface area contributed by atoms with E-state index in [2.05, 4.69) is 39.8 Å². The first-order valence-electron chi connectivity index (χ1n) is 9.21. The lowest BCUT2D eigenvalue weighted by molar-refractivity contribution is -0.125. The van der Waals surface area contributed by atoms with E-state index in [0.717, 1.165) is 29.9 Å². The summed E-state index contributed by atoms with van der Waals surface area (Å²) in [6.07, 6.45) is 2.69. The number of benzene rings is 2. The molecule has 5 heteroatoms. The van der Waals surface area contributed by atoms with Crippen LogP contribution in [0, 0.1) is 0 Å². The zero-order chi connectivity index (χ0) is 17.9. The Morgan fingerprint density at radius 3 is 2.58 bits per heavy atom. The molecule has 2 heterocycles. The SMILES string of the molecule is O=C(C[C@H]1C(=O)Nc2ccccc21)NCc1ccc(N2CCCC2)cc1. The predicted octanol–water partition coefficient (Wildman–Crippen LogP) is 3.03. The average molecular weight is 349 g/mol. The van der Waals surface area contributed by atoms with E-state index in [4.69, 9.17) is 0 Å². The molecule has 2 N–H and O–H groups in total. The third kappa shape index (κ3) is 3.43. The highest BCUT2D eigenvalue weighted by atomic mass is 16.2. The first kappa shape index (κ1) is 16.6. The summed E-state index contributed by atoms with van der Waals surface area (Å²) < 4.78 is 0. The number of anilines is 2. The molecule has 1 saturated heterocycles. The minimum absolute atomic E-state index is 0.101. The Kier molecular flexibility index (Phi) is 4.61. The number of carbonyl (C=O) groups excluding carboxylic acids is 2. The van der Waals surface area contributed by atoms with Crippen molar-refractivity contribution in [3.8, 4) is 0 Å². The van der Waals surface area contributed by atoms with Crippen molar-refractivity contribution in [2.24, 2.45) is 0 Å². The summed E-state index contributed by atoms with van der Waals surface area (Å²) >= 11 is 0. The molecule has 0 aromatic heterocycles. The van der Waals surface area contributed by atoms with Gasteiger partial charge < -0.3 is 15.5 Å². The second kappa shape index (κ2) is 7.20. The molecule has 2 aromatic carbocycles. The number of amides is 2. The monoisotopic (exact) mass is 349 g/mol. The molecule has 0 aliphatic carbocycles. The maximum absolute atomic E-state index is 12.3. The van der Waals surface area contributed by atoms with Crippen molar-refractivity contribution in [1.29, 1.82) is 0 Å². The highest BCUT2D eigenvalue weighted by Crippen LogP contribution is 2.34. The summed E-state index contributed by atoms with van der Waals surface area (Å²) in [5.41, 5.74) is 4.03. The van der Waals surface area contributed by atoms with Gasteiger partial charge in [0.1, 0.15) is 0 Å². The smallest absolute Gasteiger partial charge is 0.232 e. The summed E-state index contributed by atoms with van der Waals surface area (Å²) in [5, 5.41) is 5.77. The summed E-state index contributed by atoms with van der Waals surface area (Å²) in [7, 11) is 0. The van der Waals surface area contributed by atoms with Crippen LogP contribution in [0.25, 0.3) is 0 Å². The highest BCUT2D eigenvalue weighted by molar-refractivity contribution is 6.04. The summed E-state index contributed by atoms with van der Waals surface area (Å²) in [5.74, 6) is -0.606. The van der Waals surface area contributed by atoms with Gasteiger partial charge >= 0.3 is 0 Å². The molecular formula is C21H23N3O2. The van der Waals surface area contributed by atoms with Gasteiger partial charge in [0.05, 0.1) is 5.92 Å². The summed E-state index contributed by atoms with van der Waals surface area (Å²) in [4.78, 5) is 26.8. The van der Waals surface area contributed by atoms with E-state index >= 15 is 0 Å². The lowest BCUT2D eigenvalue weighted by atomic mass is 9.97. The van der Waals surface area contributed by atoms with Crippen LogP contribution in [0.2, 0.25) is 0 Å². The van der Waals surface area contributed by atoms with Crippen LogP contribution in [-0.2, 0) is 16.1 Å². The molecule has 2 aromatic rings. The molecule has 5 nitrogen and oxygen atoms in total. The summed E-state index contributed by atoms with van der Waals surface area (Å²) in [6, 6.07) is 15.9. The van der Waals surface area contributed by atoms with Gasteiger partial charge in [0.25, 0.3) is 0 Å². The van der Waals surface area contributed by atoms with Crippen molar-refractivity contribution in [2.45, 2.75) is 31.7 Å². The molecule has 26 heavy (non-hydrogen) atoms. The Bertz CT molecular complexity index is 810. The van der Waals surface area contributed by atoms with Crippen molar-refractivity contribution in [3.05, 3.63) is 59.7 Å². The second-order valence-electron chi connectivity index (χ2n) is 6.97. The third-order valence-electron chi connectivity index (χ3n) is 5.20. The van der Waals surface area contributed by atoms with Crippen LogP contribution in [0.1, 0.15) is 36.3 Å². The van der Waals surface area contributed by atoms with Crippen molar-refractivity contribution in [3.63, 3.8) is 0 Å². The van der Waals surface area contributed by atoms with Gasteiger partial charge in [-0.15, -0.1) is 0 Å². The van der Waals surface area contributed by atoms with E-state index in [9.17, 15) is 9.59 Å². The Morgan fingerprint density at radius 1 is 1.08 bits per heavy atom. The fourth-order valence-electron chi connectivity index (χ4n) is 3.74. The van der Waals surface area contributed by atoms with Crippen LogP contribution in [0.3, 0.4) is 0 Å². The van der Waals surface area contributed by atoms with Crippen molar-refractivity contribution in [1.82, 2.24) is 5.32 Å². The minimum Gasteiger partial charge on any atom is -0.372 e. The molecule has 0 unspecified atom stereocenters. The topological polar surface area (TPSA) is 61.4 Å². The zero-order valence-corrected chi connectivity index (χ0v) is 14.7. The van der Waals surface area contributed by atoms with Gasteiger partial charge in [-0.05, 0) is 42.2 Å². The van der Waals surface area contributed by atoms with Gasteiger partial charge in [0.15, 0.2) is 0 Å². The second-order valence-corrected chi connectivity index (χ2v) is 6.97. The average Bonchev–Trinajstić information content (AvgIpc) is 3.29. The Balaban J connectivity index is 1.32. The first-order valence-corrected chi connectivity index (χ1v) is 9.21. The number of rotatable bonds is 5. The Labute approximate surface area is 153 Å². The predicted molar refractivity (Wildman–Crippen MR) is 102 cm³/mol. The maximum Gasteiger partial charge on any atom is 0.232 e. The fourth-order valence-corrected chi connectivity index (χ4v) is 3.74. The van der Waals surface area contributed by atoms with E-state index in [-0.39, 0.29) is 18.2 Å². The molecule has 2 amide bonds. The van der Waals surface area contributed by atoms with E-state index < -0.39 is 5.92 Å². The quantitative estimate of drug-likeness (QED) is 0.872. The molecule has 0 spiro atoms. The molecule has 4 rings (SSSR count). The Morgan fingerprint density at radius 2 is 1.81 bits per heavy atom. The van der Waals surface area contributed by atoms with Gasteiger partial charge in [-0.25, -0.2) is 0 Å². The van der Waals surface area contributed by atoms with Crippen molar-refractivity contribution < 1.29 is 9.59 Å². The molecule has 1 atom stereocenters. The summed E-state index contributed by atoms with van der Waals surface area (Å²) in [6.45, 7) is 2.73. The third-order valence-corrected chi connectivity index (χ3v) is 5.20. The highest BCUT2D eigenvalue weighted by Gasteiger charge is 2.31. The van der Waals surface area contributed by atoms with Crippen molar-refractivity contribution >= 4 is 23.2 Å². The Hall–Kier alpha value is -2.82. The fraction of sp³-hybridized carbons (Fsp3) is 0.333. The van der Waals surface area contributed by atoms with Gasteiger partial charge in [-0.3, -0.25) is 9.59 Å². The first-order chi connectivity index (χ1) is 12.7. The van der Waals surface area contributed by atoms with Gasteiger partial charge in [-0.2, -0.15) is 0 Å². The number of para-hydroxylation sites is 1. The molecule has 134 valence electrons. The molecule has 0 radical (unpaired) electrons.